The molecule has 0 atom stereocenters. The average molecular weight is 377 g/mol. The molecule has 0 unspecified atom stereocenters. The molecule has 0 saturated heterocycles. The van der Waals surface area contributed by atoms with Crippen molar-refractivity contribution in [2.75, 3.05) is 0 Å². The molecule has 1 N–H and O–H groups in total. The number of aryl methyl sites for hydroxylation is 1. The number of nitrogens with zero attached hydrogens (tertiary/aromatic N) is 3. The molecule has 3 aromatic heterocycles. The monoisotopic (exact) mass is 376 g/mol. The predicted octanol–water partition coefficient (Wildman–Crippen LogP) is 4.48. The molecule has 0 radical (unpaired) electrons. The van der Waals surface area contributed by atoms with Crippen molar-refractivity contribution in [3.05, 3.63) is 75.7 Å². The zero-order chi connectivity index (χ0) is 18.5. The number of furan rings is 1. The highest BCUT2D eigenvalue weighted by atomic mass is 35.5. The van der Waals surface area contributed by atoms with Gasteiger partial charge in [-0.05, 0) is 37.3 Å². The number of hydrogen-bond donors (Lipinski definition) is 1. The van der Waals surface area contributed by atoms with Crippen LogP contribution >= 0.6 is 11.6 Å². The maximum Gasteiger partial charge on any atom is 0.292 e. The summed E-state index contributed by atoms with van der Waals surface area (Å²) in [5, 5.41) is 13.1. The summed E-state index contributed by atoms with van der Waals surface area (Å²) >= 11 is 6.15. The van der Waals surface area contributed by atoms with E-state index in [0.29, 0.717) is 27.4 Å². The van der Waals surface area contributed by atoms with Gasteiger partial charge in [-0.3, -0.25) is 4.79 Å². The fourth-order valence-electron chi connectivity index (χ4n) is 3.32. The largest absolute Gasteiger partial charge is 0.454 e. The van der Waals surface area contributed by atoms with E-state index in [-0.39, 0.29) is 5.56 Å². The van der Waals surface area contributed by atoms with E-state index >= 15 is 0 Å². The van der Waals surface area contributed by atoms with Crippen molar-refractivity contribution in [2.24, 2.45) is 0 Å². The molecule has 0 aliphatic rings. The number of hydrogen-bond acceptors (Lipinski definition) is 4. The zero-order valence-corrected chi connectivity index (χ0v) is 15.0. The summed E-state index contributed by atoms with van der Waals surface area (Å²) in [5.41, 5.74) is 3.10. The molecule has 5 aromatic rings. The second-order valence-corrected chi connectivity index (χ2v) is 6.69. The minimum Gasteiger partial charge on any atom is -0.454 e. The van der Waals surface area contributed by atoms with Crippen molar-refractivity contribution < 1.29 is 4.42 Å². The van der Waals surface area contributed by atoms with Crippen LogP contribution < -0.4 is 5.56 Å². The number of aromatic nitrogens is 4. The summed E-state index contributed by atoms with van der Waals surface area (Å²) in [6.45, 7) is 1.96. The van der Waals surface area contributed by atoms with Gasteiger partial charge in [-0.15, -0.1) is 0 Å². The van der Waals surface area contributed by atoms with Crippen LogP contribution in [-0.2, 0) is 0 Å². The first-order valence-electron chi connectivity index (χ1n) is 8.34. The average Bonchev–Trinajstić information content (AvgIpc) is 3.22. The highest BCUT2D eigenvalue weighted by molar-refractivity contribution is 6.31. The number of halogens is 1. The third-order valence-electron chi connectivity index (χ3n) is 4.61. The number of aromatic amines is 1. The van der Waals surface area contributed by atoms with E-state index < -0.39 is 0 Å². The lowest BCUT2D eigenvalue weighted by molar-refractivity contribution is 0.622. The van der Waals surface area contributed by atoms with Gasteiger partial charge in [0.15, 0.2) is 11.3 Å². The molecule has 0 aliphatic heterocycles. The van der Waals surface area contributed by atoms with Gasteiger partial charge in [-0.25, -0.2) is 9.78 Å². The van der Waals surface area contributed by atoms with Crippen molar-refractivity contribution in [3.8, 4) is 17.1 Å². The van der Waals surface area contributed by atoms with Crippen molar-refractivity contribution in [2.45, 2.75) is 6.92 Å². The standard InChI is InChI=1S/C20H13ClN4O2/c1-11-14-9-12(21)7-8-16(14)27-19(11)18-15-10-22-23-20(26)17(15)24-25(18)13-5-3-2-4-6-13/h2-10H,1H3,(H,23,26). The first-order valence-corrected chi connectivity index (χ1v) is 8.72. The summed E-state index contributed by atoms with van der Waals surface area (Å²) in [7, 11) is 0. The Labute approximate surface area is 158 Å². The summed E-state index contributed by atoms with van der Waals surface area (Å²) in [6.07, 6.45) is 1.60. The van der Waals surface area contributed by atoms with E-state index in [2.05, 4.69) is 15.3 Å². The quantitative estimate of drug-likeness (QED) is 0.492. The van der Waals surface area contributed by atoms with E-state index in [1.165, 1.54) is 0 Å². The Morgan fingerprint density at radius 2 is 1.93 bits per heavy atom. The van der Waals surface area contributed by atoms with Crippen LogP contribution in [0.4, 0.5) is 0 Å². The SMILES string of the molecule is Cc1c(-c2c3cn[nH]c(=O)c3nn2-c2ccccc2)oc2ccc(Cl)cc12. The third-order valence-corrected chi connectivity index (χ3v) is 4.85. The van der Waals surface area contributed by atoms with Gasteiger partial charge in [-0.2, -0.15) is 10.2 Å². The lowest BCUT2D eigenvalue weighted by Crippen LogP contribution is -2.07. The molecule has 0 fully saturated rings. The van der Waals surface area contributed by atoms with E-state index in [1.807, 2.05) is 49.4 Å². The van der Waals surface area contributed by atoms with Crippen molar-refractivity contribution >= 4 is 33.5 Å². The number of benzene rings is 2. The molecule has 0 spiro atoms. The predicted molar refractivity (Wildman–Crippen MR) is 104 cm³/mol. The molecule has 6 nitrogen and oxygen atoms in total. The Hall–Kier alpha value is -3.38. The van der Waals surface area contributed by atoms with Crippen LogP contribution in [-0.4, -0.2) is 20.0 Å². The van der Waals surface area contributed by atoms with Gasteiger partial charge in [0.2, 0.25) is 0 Å². The molecular formula is C20H13ClN4O2. The highest BCUT2D eigenvalue weighted by Crippen LogP contribution is 2.38. The highest BCUT2D eigenvalue weighted by Gasteiger charge is 2.23. The summed E-state index contributed by atoms with van der Waals surface area (Å²) in [6, 6.07) is 15.1. The van der Waals surface area contributed by atoms with E-state index in [1.54, 1.807) is 16.9 Å². The normalized spacial score (nSPS) is 11.5. The Morgan fingerprint density at radius 3 is 2.74 bits per heavy atom. The molecule has 0 aliphatic carbocycles. The number of para-hydroxylation sites is 1. The van der Waals surface area contributed by atoms with E-state index in [0.717, 1.165) is 22.2 Å². The maximum atomic E-state index is 12.3. The van der Waals surface area contributed by atoms with Crippen molar-refractivity contribution in [3.63, 3.8) is 0 Å². The van der Waals surface area contributed by atoms with E-state index in [4.69, 9.17) is 16.0 Å². The molecule has 2 aromatic carbocycles. The Morgan fingerprint density at radius 1 is 1.11 bits per heavy atom. The van der Waals surface area contributed by atoms with Crippen LogP contribution in [0, 0.1) is 6.92 Å². The zero-order valence-electron chi connectivity index (χ0n) is 14.2. The van der Waals surface area contributed by atoms with Crippen molar-refractivity contribution in [1.82, 2.24) is 20.0 Å². The van der Waals surface area contributed by atoms with Gasteiger partial charge in [0, 0.05) is 16.0 Å². The fourth-order valence-corrected chi connectivity index (χ4v) is 3.49. The molecular weight excluding hydrogens is 364 g/mol. The second kappa shape index (κ2) is 5.82. The lowest BCUT2D eigenvalue weighted by Gasteiger charge is -2.06. The molecule has 3 heterocycles. The van der Waals surface area contributed by atoms with Gasteiger partial charge >= 0.3 is 0 Å². The Balaban J connectivity index is 1.92. The Bertz CT molecular complexity index is 1370. The van der Waals surface area contributed by atoms with Gasteiger partial charge in [-0.1, -0.05) is 29.8 Å². The van der Waals surface area contributed by atoms with Gasteiger partial charge in [0.05, 0.1) is 17.3 Å². The number of nitrogens with one attached hydrogen (secondary N) is 1. The smallest absolute Gasteiger partial charge is 0.292 e. The van der Waals surface area contributed by atoms with Crippen LogP contribution in [0.25, 0.3) is 39.0 Å². The first-order chi connectivity index (χ1) is 13.1. The third kappa shape index (κ3) is 2.38. The molecule has 132 valence electrons. The minimum absolute atomic E-state index is 0.307. The van der Waals surface area contributed by atoms with Crippen molar-refractivity contribution in [1.29, 1.82) is 0 Å². The number of rotatable bonds is 2. The van der Waals surface area contributed by atoms with Crippen LogP contribution in [0.15, 0.2) is 63.9 Å². The summed E-state index contributed by atoms with van der Waals surface area (Å²) in [5.74, 6) is 0.631. The van der Waals surface area contributed by atoms with Gasteiger partial charge < -0.3 is 4.42 Å². The minimum atomic E-state index is -0.347. The fraction of sp³-hybridized carbons (Fsp3) is 0.0500. The van der Waals surface area contributed by atoms with Crippen LogP contribution in [0.3, 0.4) is 0 Å². The first kappa shape index (κ1) is 15.8. The van der Waals surface area contributed by atoms with E-state index in [9.17, 15) is 4.79 Å². The second-order valence-electron chi connectivity index (χ2n) is 6.25. The molecule has 27 heavy (non-hydrogen) atoms. The molecule has 0 bridgehead atoms. The number of fused-ring (bicyclic) bond motifs is 2. The summed E-state index contributed by atoms with van der Waals surface area (Å²) in [4.78, 5) is 12.3. The molecule has 0 saturated carbocycles. The maximum absolute atomic E-state index is 12.3. The number of H-pyrrole nitrogens is 1. The Kier molecular flexibility index (Phi) is 3.42. The van der Waals surface area contributed by atoms with Crippen LogP contribution in [0.2, 0.25) is 5.02 Å². The topological polar surface area (TPSA) is 76.7 Å². The van der Waals surface area contributed by atoms with Gasteiger partial charge in [0.1, 0.15) is 11.3 Å². The van der Waals surface area contributed by atoms with Crippen LogP contribution in [0.1, 0.15) is 5.56 Å². The molecule has 0 amide bonds. The van der Waals surface area contributed by atoms with Gasteiger partial charge in [0.25, 0.3) is 5.56 Å². The lowest BCUT2D eigenvalue weighted by atomic mass is 10.1. The molecule has 7 heteroatoms. The molecule has 5 rings (SSSR count). The van der Waals surface area contributed by atoms with Crippen LogP contribution in [0.5, 0.6) is 0 Å². The summed E-state index contributed by atoms with van der Waals surface area (Å²) < 4.78 is 7.87.